The first-order valence-corrected chi connectivity index (χ1v) is 6.00. The highest BCUT2D eigenvalue weighted by molar-refractivity contribution is 9.13. The van der Waals surface area contributed by atoms with Crippen LogP contribution in [0.15, 0.2) is 21.1 Å². The van der Waals surface area contributed by atoms with Crippen LogP contribution < -0.4 is 5.73 Å². The van der Waals surface area contributed by atoms with Crippen molar-refractivity contribution in [3.63, 3.8) is 0 Å². The van der Waals surface area contributed by atoms with Crippen molar-refractivity contribution >= 4 is 31.9 Å². The Kier molecular flexibility index (Phi) is 2.77. The van der Waals surface area contributed by atoms with Gasteiger partial charge in [-0.25, -0.2) is 0 Å². The van der Waals surface area contributed by atoms with Crippen molar-refractivity contribution in [1.82, 2.24) is 0 Å². The number of aryl methyl sites for hydroxylation is 1. The molecule has 0 radical (unpaired) electrons. The monoisotopic (exact) mass is 303 g/mol. The Morgan fingerprint density at radius 2 is 1.92 bits per heavy atom. The van der Waals surface area contributed by atoms with Gasteiger partial charge in [0, 0.05) is 15.0 Å². The minimum absolute atomic E-state index is 0.230. The highest BCUT2D eigenvalue weighted by Crippen LogP contribution is 2.34. The summed E-state index contributed by atoms with van der Waals surface area (Å²) in [5, 5.41) is 0. The van der Waals surface area contributed by atoms with E-state index in [1.807, 2.05) is 0 Å². The van der Waals surface area contributed by atoms with Crippen molar-refractivity contribution in [3.05, 3.63) is 32.2 Å². The van der Waals surface area contributed by atoms with Gasteiger partial charge in [-0.15, -0.1) is 0 Å². The summed E-state index contributed by atoms with van der Waals surface area (Å²) in [6, 6.07) is 4.55. The first-order valence-electron chi connectivity index (χ1n) is 4.42. The van der Waals surface area contributed by atoms with Gasteiger partial charge in [0.1, 0.15) is 0 Å². The lowest BCUT2D eigenvalue weighted by molar-refractivity contribution is 0.570. The minimum Gasteiger partial charge on any atom is -0.324 e. The van der Waals surface area contributed by atoms with Gasteiger partial charge in [-0.05, 0) is 74.4 Å². The predicted molar refractivity (Wildman–Crippen MR) is 61.7 cm³/mol. The van der Waals surface area contributed by atoms with E-state index in [0.29, 0.717) is 0 Å². The summed E-state index contributed by atoms with van der Waals surface area (Å²) in [6.45, 7) is 0. The summed E-state index contributed by atoms with van der Waals surface area (Å²) in [5.74, 6) is 0. The maximum Gasteiger partial charge on any atom is 0.0320 e. The molecule has 1 aromatic rings. The van der Waals surface area contributed by atoms with Crippen LogP contribution in [0.4, 0.5) is 0 Å². The minimum atomic E-state index is 0.230. The molecule has 0 heterocycles. The van der Waals surface area contributed by atoms with E-state index in [-0.39, 0.29) is 6.04 Å². The van der Waals surface area contributed by atoms with Crippen molar-refractivity contribution in [1.29, 1.82) is 0 Å². The zero-order valence-electron chi connectivity index (χ0n) is 7.19. The maximum atomic E-state index is 6.03. The molecule has 1 atom stereocenters. The van der Waals surface area contributed by atoms with E-state index in [0.717, 1.165) is 21.8 Å². The van der Waals surface area contributed by atoms with Crippen molar-refractivity contribution < 1.29 is 0 Å². The van der Waals surface area contributed by atoms with Gasteiger partial charge in [0.05, 0.1) is 0 Å². The molecule has 0 amide bonds. The molecule has 1 nitrogen and oxygen atoms in total. The zero-order chi connectivity index (χ0) is 9.42. The number of halogens is 2. The smallest absolute Gasteiger partial charge is 0.0320 e. The van der Waals surface area contributed by atoms with Gasteiger partial charge in [0.15, 0.2) is 0 Å². The number of benzene rings is 1. The predicted octanol–water partition coefficient (Wildman–Crippen LogP) is 3.55. The van der Waals surface area contributed by atoms with Gasteiger partial charge in [0.2, 0.25) is 0 Å². The molecule has 70 valence electrons. The zero-order valence-corrected chi connectivity index (χ0v) is 10.4. The Balaban J connectivity index is 2.52. The van der Waals surface area contributed by atoms with E-state index < -0.39 is 0 Å². The quantitative estimate of drug-likeness (QED) is 0.779. The van der Waals surface area contributed by atoms with Crippen LogP contribution in [0, 0.1) is 0 Å². The summed E-state index contributed by atoms with van der Waals surface area (Å²) in [7, 11) is 0. The second kappa shape index (κ2) is 3.71. The topological polar surface area (TPSA) is 26.0 Å². The molecular formula is C10H11Br2N. The standard InChI is InChI=1S/C10H11Br2N/c11-8-4-6-2-1-3-10(13)7(6)5-9(8)12/h4-5,10H,1-3,13H2/t10-/m0/s1. The molecule has 0 spiro atoms. The second-order valence-corrected chi connectivity index (χ2v) is 5.17. The van der Waals surface area contributed by atoms with Gasteiger partial charge < -0.3 is 5.73 Å². The van der Waals surface area contributed by atoms with Gasteiger partial charge in [-0.2, -0.15) is 0 Å². The molecule has 1 aliphatic rings. The summed E-state index contributed by atoms with van der Waals surface area (Å²) < 4.78 is 2.23. The van der Waals surface area contributed by atoms with Gasteiger partial charge >= 0.3 is 0 Å². The fourth-order valence-corrected chi connectivity index (χ4v) is 2.58. The molecule has 0 fully saturated rings. The number of nitrogens with two attached hydrogens (primary N) is 1. The van der Waals surface area contributed by atoms with E-state index in [1.165, 1.54) is 17.5 Å². The molecule has 0 bridgehead atoms. The molecule has 0 saturated heterocycles. The molecule has 13 heavy (non-hydrogen) atoms. The van der Waals surface area contributed by atoms with E-state index >= 15 is 0 Å². The van der Waals surface area contributed by atoms with Crippen LogP contribution in [0.5, 0.6) is 0 Å². The number of fused-ring (bicyclic) bond motifs is 1. The lowest BCUT2D eigenvalue weighted by atomic mass is 9.88. The summed E-state index contributed by atoms with van der Waals surface area (Å²) >= 11 is 7.01. The Morgan fingerprint density at radius 1 is 1.23 bits per heavy atom. The molecule has 0 saturated carbocycles. The molecule has 1 aliphatic carbocycles. The van der Waals surface area contributed by atoms with E-state index in [1.54, 1.807) is 0 Å². The van der Waals surface area contributed by atoms with Crippen LogP contribution in [0.1, 0.15) is 30.0 Å². The number of hydrogen-bond donors (Lipinski definition) is 1. The molecular weight excluding hydrogens is 294 g/mol. The van der Waals surface area contributed by atoms with Crippen LogP contribution in [0.25, 0.3) is 0 Å². The first-order chi connectivity index (χ1) is 6.18. The average Bonchev–Trinajstić information content (AvgIpc) is 2.09. The van der Waals surface area contributed by atoms with Crippen LogP contribution in [-0.2, 0) is 6.42 Å². The van der Waals surface area contributed by atoms with E-state index in [9.17, 15) is 0 Å². The molecule has 1 aromatic carbocycles. The van der Waals surface area contributed by atoms with Gasteiger partial charge in [0.25, 0.3) is 0 Å². The normalized spacial score (nSPS) is 21.3. The summed E-state index contributed by atoms with van der Waals surface area (Å²) in [5.41, 5.74) is 8.73. The summed E-state index contributed by atoms with van der Waals surface area (Å²) in [4.78, 5) is 0. The molecule has 0 aromatic heterocycles. The van der Waals surface area contributed by atoms with Crippen molar-refractivity contribution in [2.75, 3.05) is 0 Å². The van der Waals surface area contributed by atoms with Crippen molar-refractivity contribution in [3.8, 4) is 0 Å². The van der Waals surface area contributed by atoms with Crippen molar-refractivity contribution in [2.24, 2.45) is 5.73 Å². The van der Waals surface area contributed by atoms with E-state index in [4.69, 9.17) is 5.73 Å². The Labute approximate surface area is 95.0 Å². The van der Waals surface area contributed by atoms with Crippen molar-refractivity contribution in [2.45, 2.75) is 25.3 Å². The average molecular weight is 305 g/mol. The largest absolute Gasteiger partial charge is 0.324 e. The SMILES string of the molecule is N[C@H]1CCCc2cc(Br)c(Br)cc21. The van der Waals surface area contributed by atoms with E-state index in [2.05, 4.69) is 44.0 Å². The third-order valence-electron chi connectivity index (χ3n) is 2.54. The lowest BCUT2D eigenvalue weighted by Crippen LogP contribution is -2.17. The van der Waals surface area contributed by atoms with Crippen LogP contribution >= 0.6 is 31.9 Å². The fourth-order valence-electron chi connectivity index (χ4n) is 1.83. The lowest BCUT2D eigenvalue weighted by Gasteiger charge is -2.22. The first kappa shape index (κ1) is 9.69. The fraction of sp³-hybridized carbons (Fsp3) is 0.400. The third kappa shape index (κ3) is 1.83. The molecule has 0 unspecified atom stereocenters. The number of hydrogen-bond acceptors (Lipinski definition) is 1. The van der Waals surface area contributed by atoms with Gasteiger partial charge in [-0.1, -0.05) is 0 Å². The third-order valence-corrected chi connectivity index (χ3v) is 4.39. The molecule has 0 aliphatic heterocycles. The Bertz CT molecular complexity index is 336. The molecule has 2 rings (SSSR count). The Hall–Kier alpha value is 0.140. The maximum absolute atomic E-state index is 6.03. The highest BCUT2D eigenvalue weighted by Gasteiger charge is 2.17. The Morgan fingerprint density at radius 3 is 2.69 bits per heavy atom. The molecule has 2 N–H and O–H groups in total. The van der Waals surface area contributed by atoms with Crippen LogP contribution in [-0.4, -0.2) is 0 Å². The van der Waals surface area contributed by atoms with Crippen LogP contribution in [0.2, 0.25) is 0 Å². The highest BCUT2D eigenvalue weighted by atomic mass is 79.9. The summed E-state index contributed by atoms with van der Waals surface area (Å²) in [6.07, 6.45) is 3.48. The molecule has 3 heteroatoms. The number of rotatable bonds is 0. The van der Waals surface area contributed by atoms with Gasteiger partial charge in [-0.3, -0.25) is 0 Å². The second-order valence-electron chi connectivity index (χ2n) is 3.46. The van der Waals surface area contributed by atoms with Crippen LogP contribution in [0.3, 0.4) is 0 Å².